The van der Waals surface area contributed by atoms with Gasteiger partial charge < -0.3 is 0 Å². The fraction of sp³-hybridized carbons (Fsp3) is 0. The van der Waals surface area contributed by atoms with Gasteiger partial charge in [0.25, 0.3) is 0 Å². The van der Waals surface area contributed by atoms with Gasteiger partial charge in [-0.3, -0.25) is 5.41 Å². The molecule has 0 saturated carbocycles. The third-order valence-corrected chi connectivity index (χ3v) is 7.25. The van der Waals surface area contributed by atoms with Crippen molar-refractivity contribution >= 4 is 41.2 Å². The fourth-order valence-corrected chi connectivity index (χ4v) is 5.27. The number of rotatable bonds is 4. The highest BCUT2D eigenvalue weighted by atomic mass is 32.1. The zero-order valence-electron chi connectivity index (χ0n) is 21.7. The van der Waals surface area contributed by atoms with Gasteiger partial charge >= 0.3 is 0 Å². The molecule has 194 valence electrons. The molecule has 0 spiro atoms. The smallest absolute Gasteiger partial charge is 0.164 e. The quantitative estimate of drug-likeness (QED) is 0.221. The van der Waals surface area contributed by atoms with Crippen molar-refractivity contribution in [3.05, 3.63) is 126 Å². The van der Waals surface area contributed by atoms with Gasteiger partial charge in [-0.1, -0.05) is 103 Å². The van der Waals surface area contributed by atoms with Crippen LogP contribution in [0.25, 0.3) is 62.4 Å². The topological polar surface area (TPSA) is 87.8 Å². The number of aromatic nitrogens is 4. The third kappa shape index (κ3) is 4.52. The van der Waals surface area contributed by atoms with Crippen molar-refractivity contribution in [2.24, 2.45) is 4.40 Å². The Balaban J connectivity index is 1.36. The third-order valence-electron chi connectivity index (χ3n) is 7.05. The maximum Gasteiger partial charge on any atom is 0.164 e. The van der Waals surface area contributed by atoms with Crippen LogP contribution >= 0.6 is 12.8 Å². The van der Waals surface area contributed by atoms with E-state index < -0.39 is 0 Å². The van der Waals surface area contributed by atoms with Crippen LogP contribution in [0, 0.1) is 5.41 Å². The standard InChI is InChI=1S/C34H22N6S/c35-27-20-19-26-29(31(27)40-41)25-13-7-8-14-28(25)36-30(26)21-15-17-24(18-16-21)34-38-32(22-9-3-1-4-10-22)37-33(39-34)23-11-5-2-6-12-23/h1-20,35,41H/b35-27?,40-31+. The second-order valence-corrected chi connectivity index (χ2v) is 9.78. The predicted octanol–water partition coefficient (Wildman–Crippen LogP) is 7.77. The maximum atomic E-state index is 8.40. The molecule has 0 saturated heterocycles. The summed E-state index contributed by atoms with van der Waals surface area (Å²) in [5, 5.41) is 9.34. The number of nitrogens with one attached hydrogen (secondary N) is 1. The lowest BCUT2D eigenvalue weighted by Crippen LogP contribution is -2.18. The van der Waals surface area contributed by atoms with Gasteiger partial charge in [-0.05, 0) is 31.0 Å². The number of benzene rings is 4. The van der Waals surface area contributed by atoms with Crippen molar-refractivity contribution in [3.8, 4) is 45.4 Å². The highest BCUT2D eigenvalue weighted by Crippen LogP contribution is 2.35. The van der Waals surface area contributed by atoms with Gasteiger partial charge in [0.15, 0.2) is 17.5 Å². The van der Waals surface area contributed by atoms with Gasteiger partial charge in [0.2, 0.25) is 0 Å². The molecule has 0 atom stereocenters. The van der Waals surface area contributed by atoms with Crippen molar-refractivity contribution in [3.63, 3.8) is 0 Å². The van der Waals surface area contributed by atoms with E-state index >= 15 is 0 Å². The molecule has 1 N–H and O–H groups in total. The van der Waals surface area contributed by atoms with Crippen molar-refractivity contribution in [2.75, 3.05) is 0 Å². The Kier molecular flexibility index (Phi) is 6.26. The first-order chi connectivity index (χ1) is 20.2. The average Bonchev–Trinajstić information content (AvgIpc) is 3.05. The maximum absolute atomic E-state index is 8.40. The molecule has 7 heteroatoms. The molecule has 7 rings (SSSR count). The molecule has 4 aromatic carbocycles. The number of thiol groups is 1. The monoisotopic (exact) mass is 546 g/mol. The summed E-state index contributed by atoms with van der Waals surface area (Å²) in [6.07, 6.45) is 3.68. The zero-order valence-corrected chi connectivity index (χ0v) is 22.6. The Morgan fingerprint density at radius 3 is 1.63 bits per heavy atom. The summed E-state index contributed by atoms with van der Waals surface area (Å²) < 4.78 is 4.16. The van der Waals surface area contributed by atoms with E-state index in [-0.39, 0.29) is 0 Å². The molecule has 0 amide bonds. The molecule has 0 radical (unpaired) electrons. The normalized spacial score (nSPS) is 13.5. The van der Waals surface area contributed by atoms with Crippen LogP contribution in [-0.4, -0.2) is 31.4 Å². The van der Waals surface area contributed by atoms with Crippen LogP contribution in [0.3, 0.4) is 0 Å². The minimum absolute atomic E-state index is 0.323. The molecule has 6 aromatic rings. The number of fused-ring (bicyclic) bond motifs is 3. The molecule has 6 nitrogen and oxygen atoms in total. The Bertz CT molecular complexity index is 1940. The van der Waals surface area contributed by atoms with Crippen LogP contribution in [0.4, 0.5) is 0 Å². The molecule has 1 aliphatic carbocycles. The molecule has 0 bridgehead atoms. The molecular formula is C34H22N6S. The van der Waals surface area contributed by atoms with Gasteiger partial charge in [0, 0.05) is 38.8 Å². The largest absolute Gasteiger partial charge is 0.299 e. The molecule has 2 heterocycles. The zero-order chi connectivity index (χ0) is 27.8. The number of allylic oxidation sites excluding steroid dienone is 1. The number of hydrogen-bond donors (Lipinski definition) is 2. The predicted molar refractivity (Wildman–Crippen MR) is 169 cm³/mol. The SMILES string of the molecule is N=C1C=Cc2c(-c3ccc(-c4nc(-c5ccccc5)nc(-c5ccccc5)n4)cc3)nc3ccccc3c2/C1=N/S. The molecule has 1 aliphatic rings. The summed E-state index contributed by atoms with van der Waals surface area (Å²) in [4.78, 5) is 19.5. The van der Waals surface area contributed by atoms with Gasteiger partial charge in [-0.2, -0.15) is 0 Å². The lowest BCUT2D eigenvalue weighted by molar-refractivity contribution is 1.07. The van der Waals surface area contributed by atoms with Crippen molar-refractivity contribution in [1.29, 1.82) is 5.41 Å². The van der Waals surface area contributed by atoms with Gasteiger partial charge in [0.05, 0.1) is 16.9 Å². The fourth-order valence-electron chi connectivity index (χ4n) is 5.06. The van der Waals surface area contributed by atoms with E-state index in [2.05, 4.69) is 17.2 Å². The first-order valence-corrected chi connectivity index (χ1v) is 13.5. The average molecular weight is 547 g/mol. The molecule has 0 fully saturated rings. The van der Waals surface area contributed by atoms with E-state index in [0.29, 0.717) is 28.9 Å². The molecule has 0 unspecified atom stereocenters. The number of para-hydroxylation sites is 1. The van der Waals surface area contributed by atoms with Crippen LogP contribution in [0.15, 0.2) is 120 Å². The summed E-state index contributed by atoms with van der Waals surface area (Å²) in [5.41, 5.74) is 7.95. The van der Waals surface area contributed by atoms with E-state index in [1.807, 2.05) is 115 Å². The minimum Gasteiger partial charge on any atom is -0.299 e. The van der Waals surface area contributed by atoms with E-state index in [0.717, 1.165) is 50.0 Å². The van der Waals surface area contributed by atoms with Gasteiger partial charge in [0.1, 0.15) is 5.71 Å². The molecule has 41 heavy (non-hydrogen) atoms. The van der Waals surface area contributed by atoms with Crippen LogP contribution in [-0.2, 0) is 0 Å². The Hall–Kier alpha value is -5.27. The van der Waals surface area contributed by atoms with Gasteiger partial charge in [-0.15, -0.1) is 0 Å². The molecule has 2 aromatic heterocycles. The van der Waals surface area contributed by atoms with E-state index in [1.54, 1.807) is 6.08 Å². The highest BCUT2D eigenvalue weighted by molar-refractivity contribution is 7.79. The van der Waals surface area contributed by atoms with Crippen LogP contribution in [0.1, 0.15) is 11.1 Å². The lowest BCUT2D eigenvalue weighted by atomic mass is 9.88. The van der Waals surface area contributed by atoms with E-state index in [9.17, 15) is 0 Å². The number of hydrogen-bond acceptors (Lipinski definition) is 7. The second-order valence-electron chi connectivity index (χ2n) is 9.58. The summed E-state index contributed by atoms with van der Waals surface area (Å²) in [7, 11) is 0. The Labute approximate surface area is 242 Å². The Morgan fingerprint density at radius 1 is 0.537 bits per heavy atom. The van der Waals surface area contributed by atoms with Crippen molar-refractivity contribution in [1.82, 2.24) is 19.9 Å². The summed E-state index contributed by atoms with van der Waals surface area (Å²) in [5.74, 6) is 1.83. The number of pyridine rings is 1. The molecular weight excluding hydrogens is 524 g/mol. The van der Waals surface area contributed by atoms with Crippen LogP contribution in [0.2, 0.25) is 0 Å². The first-order valence-electron chi connectivity index (χ1n) is 13.1. The highest BCUT2D eigenvalue weighted by Gasteiger charge is 2.23. The summed E-state index contributed by atoms with van der Waals surface area (Å²) in [6.45, 7) is 0. The van der Waals surface area contributed by atoms with E-state index in [1.165, 1.54) is 0 Å². The van der Waals surface area contributed by atoms with Crippen molar-refractivity contribution < 1.29 is 0 Å². The summed E-state index contributed by atoms with van der Waals surface area (Å²) >= 11 is 4.19. The van der Waals surface area contributed by atoms with Crippen LogP contribution in [0.5, 0.6) is 0 Å². The summed E-state index contributed by atoms with van der Waals surface area (Å²) in [6, 6.07) is 35.9. The van der Waals surface area contributed by atoms with Crippen LogP contribution < -0.4 is 0 Å². The number of nitrogens with zero attached hydrogens (tertiary/aromatic N) is 5. The van der Waals surface area contributed by atoms with Crippen molar-refractivity contribution in [2.45, 2.75) is 0 Å². The van der Waals surface area contributed by atoms with Gasteiger partial charge in [-0.25, -0.2) is 24.3 Å². The van der Waals surface area contributed by atoms with E-state index in [4.69, 9.17) is 25.3 Å². The molecule has 0 aliphatic heterocycles. The Morgan fingerprint density at radius 2 is 1.05 bits per heavy atom. The first kappa shape index (κ1) is 24.7. The lowest BCUT2D eigenvalue weighted by Gasteiger charge is -2.19. The second kappa shape index (κ2) is 10.4. The minimum atomic E-state index is 0.323.